The summed E-state index contributed by atoms with van der Waals surface area (Å²) < 4.78 is 0. The molecule has 1 rings (SSSR count). The zero-order chi connectivity index (χ0) is 14.3. The number of carbonyl (C=O) groups excluding carboxylic acids is 1. The topological polar surface area (TPSA) is 55.1 Å². The summed E-state index contributed by atoms with van der Waals surface area (Å²) in [4.78, 5) is 11.7. The van der Waals surface area contributed by atoms with Crippen molar-refractivity contribution in [2.24, 2.45) is 11.7 Å². The molecule has 106 valence electrons. The first-order chi connectivity index (χ1) is 9.06. The molecule has 1 aromatic carbocycles. The normalized spacial score (nSPS) is 12.2. The van der Waals surface area contributed by atoms with Gasteiger partial charge in [-0.1, -0.05) is 42.6 Å². The number of hydrogen-bond acceptors (Lipinski definition) is 2. The second kappa shape index (κ2) is 8.41. The Hall–Kier alpha value is -0.770. The van der Waals surface area contributed by atoms with Gasteiger partial charge in [0.2, 0.25) is 5.91 Å². The first-order valence-electron chi connectivity index (χ1n) is 6.47. The highest BCUT2D eigenvalue weighted by atomic mass is 35.5. The smallest absolute Gasteiger partial charge is 0.220 e. The van der Waals surface area contributed by atoms with Crippen LogP contribution in [0.25, 0.3) is 0 Å². The summed E-state index contributed by atoms with van der Waals surface area (Å²) in [5.41, 5.74) is 6.56. The molecule has 0 bridgehead atoms. The molecule has 0 saturated carbocycles. The zero-order valence-electron chi connectivity index (χ0n) is 11.1. The van der Waals surface area contributed by atoms with E-state index in [1.807, 2.05) is 13.0 Å². The molecule has 1 unspecified atom stereocenters. The van der Waals surface area contributed by atoms with Crippen LogP contribution in [0.5, 0.6) is 0 Å². The van der Waals surface area contributed by atoms with Crippen molar-refractivity contribution in [1.82, 2.24) is 5.32 Å². The van der Waals surface area contributed by atoms with Crippen molar-refractivity contribution in [3.05, 3.63) is 33.8 Å². The molecule has 0 aliphatic rings. The van der Waals surface area contributed by atoms with Crippen LogP contribution in [0.4, 0.5) is 0 Å². The maximum atomic E-state index is 11.7. The summed E-state index contributed by atoms with van der Waals surface area (Å²) >= 11 is 11.9. The average molecular weight is 303 g/mol. The van der Waals surface area contributed by atoms with E-state index in [0.29, 0.717) is 36.0 Å². The van der Waals surface area contributed by atoms with Crippen molar-refractivity contribution < 1.29 is 4.79 Å². The number of halogens is 2. The van der Waals surface area contributed by atoms with E-state index in [1.54, 1.807) is 12.1 Å². The summed E-state index contributed by atoms with van der Waals surface area (Å²) in [5.74, 6) is 0.307. The Bertz CT molecular complexity index is 420. The predicted molar refractivity (Wildman–Crippen MR) is 80.6 cm³/mol. The van der Waals surface area contributed by atoms with Gasteiger partial charge in [0, 0.05) is 23.0 Å². The Morgan fingerprint density at radius 3 is 2.74 bits per heavy atom. The molecule has 3 nitrogen and oxygen atoms in total. The van der Waals surface area contributed by atoms with Gasteiger partial charge in [0.05, 0.1) is 0 Å². The number of benzene rings is 1. The molecule has 0 spiro atoms. The van der Waals surface area contributed by atoms with Gasteiger partial charge in [-0.3, -0.25) is 4.79 Å². The second-order valence-corrected chi connectivity index (χ2v) is 5.39. The molecule has 1 atom stereocenters. The molecule has 0 fully saturated rings. The molecule has 0 aliphatic carbocycles. The van der Waals surface area contributed by atoms with Crippen LogP contribution >= 0.6 is 23.2 Å². The lowest BCUT2D eigenvalue weighted by Crippen LogP contribution is -2.29. The lowest BCUT2D eigenvalue weighted by atomic mass is 10.0. The molecule has 19 heavy (non-hydrogen) atoms. The fourth-order valence-electron chi connectivity index (χ4n) is 1.79. The van der Waals surface area contributed by atoms with Crippen LogP contribution in [0.2, 0.25) is 10.0 Å². The molecule has 1 amide bonds. The van der Waals surface area contributed by atoms with Crippen LogP contribution in [-0.4, -0.2) is 19.0 Å². The minimum absolute atomic E-state index is 0.0439. The van der Waals surface area contributed by atoms with Crippen molar-refractivity contribution in [3.8, 4) is 0 Å². The molecule has 0 aromatic heterocycles. The SMILES string of the molecule is CCC(CN)CC(=O)NCCc1ccc(Cl)cc1Cl. The van der Waals surface area contributed by atoms with E-state index < -0.39 is 0 Å². The molecule has 0 saturated heterocycles. The van der Waals surface area contributed by atoms with Gasteiger partial charge in [-0.15, -0.1) is 0 Å². The molecule has 3 N–H and O–H groups in total. The largest absolute Gasteiger partial charge is 0.356 e. The molecular formula is C14H20Cl2N2O. The first kappa shape index (κ1) is 16.3. The van der Waals surface area contributed by atoms with Crippen molar-refractivity contribution in [1.29, 1.82) is 0 Å². The van der Waals surface area contributed by atoms with E-state index in [-0.39, 0.29) is 11.8 Å². The van der Waals surface area contributed by atoms with Gasteiger partial charge in [0.1, 0.15) is 0 Å². The van der Waals surface area contributed by atoms with Crippen LogP contribution in [0, 0.1) is 5.92 Å². The van der Waals surface area contributed by atoms with Gasteiger partial charge < -0.3 is 11.1 Å². The van der Waals surface area contributed by atoms with E-state index in [9.17, 15) is 4.79 Å². The Kier molecular flexibility index (Phi) is 7.21. The van der Waals surface area contributed by atoms with Gasteiger partial charge in [-0.25, -0.2) is 0 Å². The number of amides is 1. The summed E-state index contributed by atoms with van der Waals surface area (Å²) in [5, 5.41) is 4.14. The third kappa shape index (κ3) is 5.81. The summed E-state index contributed by atoms with van der Waals surface area (Å²) in [6, 6.07) is 5.39. The van der Waals surface area contributed by atoms with Crippen molar-refractivity contribution in [2.45, 2.75) is 26.2 Å². The molecule has 1 aromatic rings. The third-order valence-corrected chi connectivity index (χ3v) is 3.70. The van der Waals surface area contributed by atoms with Crippen LogP contribution < -0.4 is 11.1 Å². The number of nitrogens with one attached hydrogen (secondary N) is 1. The molecule has 0 heterocycles. The van der Waals surface area contributed by atoms with Gasteiger partial charge in [0.25, 0.3) is 0 Å². The summed E-state index contributed by atoms with van der Waals surface area (Å²) in [7, 11) is 0. The van der Waals surface area contributed by atoms with Gasteiger partial charge in [-0.05, 0) is 36.6 Å². The Morgan fingerprint density at radius 1 is 1.42 bits per heavy atom. The Balaban J connectivity index is 2.35. The van der Waals surface area contributed by atoms with Crippen molar-refractivity contribution in [3.63, 3.8) is 0 Å². The van der Waals surface area contributed by atoms with E-state index in [1.165, 1.54) is 0 Å². The maximum absolute atomic E-state index is 11.7. The fourth-order valence-corrected chi connectivity index (χ4v) is 2.29. The number of carbonyl (C=O) groups is 1. The van der Waals surface area contributed by atoms with E-state index >= 15 is 0 Å². The minimum atomic E-state index is 0.0439. The van der Waals surface area contributed by atoms with E-state index in [0.717, 1.165) is 12.0 Å². The predicted octanol–water partition coefficient (Wildman–Crippen LogP) is 3.03. The standard InChI is InChI=1S/C14H20Cl2N2O/c1-2-10(9-17)7-14(19)18-6-5-11-3-4-12(15)8-13(11)16/h3-4,8,10H,2,5-7,9,17H2,1H3,(H,18,19). The Labute approximate surface area is 124 Å². The highest BCUT2D eigenvalue weighted by Gasteiger charge is 2.10. The molecule has 0 aliphatic heterocycles. The fraction of sp³-hybridized carbons (Fsp3) is 0.500. The minimum Gasteiger partial charge on any atom is -0.356 e. The zero-order valence-corrected chi connectivity index (χ0v) is 12.6. The summed E-state index contributed by atoms with van der Waals surface area (Å²) in [6.07, 6.45) is 2.11. The highest BCUT2D eigenvalue weighted by molar-refractivity contribution is 6.35. The highest BCUT2D eigenvalue weighted by Crippen LogP contribution is 2.21. The lowest BCUT2D eigenvalue weighted by Gasteiger charge is -2.12. The second-order valence-electron chi connectivity index (χ2n) is 4.55. The van der Waals surface area contributed by atoms with Gasteiger partial charge in [-0.2, -0.15) is 0 Å². The third-order valence-electron chi connectivity index (χ3n) is 3.12. The van der Waals surface area contributed by atoms with Crippen molar-refractivity contribution >= 4 is 29.1 Å². The first-order valence-corrected chi connectivity index (χ1v) is 7.23. The number of rotatable bonds is 7. The average Bonchev–Trinajstić information content (AvgIpc) is 2.38. The number of hydrogen-bond donors (Lipinski definition) is 2. The Morgan fingerprint density at radius 2 is 2.16 bits per heavy atom. The molecule has 5 heteroatoms. The monoisotopic (exact) mass is 302 g/mol. The van der Waals surface area contributed by atoms with E-state index in [4.69, 9.17) is 28.9 Å². The van der Waals surface area contributed by atoms with Gasteiger partial charge in [0.15, 0.2) is 0 Å². The lowest BCUT2D eigenvalue weighted by molar-refractivity contribution is -0.121. The van der Waals surface area contributed by atoms with Crippen LogP contribution in [0.3, 0.4) is 0 Å². The van der Waals surface area contributed by atoms with Crippen LogP contribution in [-0.2, 0) is 11.2 Å². The van der Waals surface area contributed by atoms with Crippen LogP contribution in [0.15, 0.2) is 18.2 Å². The summed E-state index contributed by atoms with van der Waals surface area (Å²) in [6.45, 7) is 3.16. The molecule has 0 radical (unpaired) electrons. The van der Waals surface area contributed by atoms with Gasteiger partial charge >= 0.3 is 0 Å². The van der Waals surface area contributed by atoms with E-state index in [2.05, 4.69) is 5.32 Å². The van der Waals surface area contributed by atoms with Crippen LogP contribution in [0.1, 0.15) is 25.3 Å². The van der Waals surface area contributed by atoms with Crippen molar-refractivity contribution in [2.75, 3.05) is 13.1 Å². The maximum Gasteiger partial charge on any atom is 0.220 e. The number of nitrogens with two attached hydrogens (primary N) is 1. The quantitative estimate of drug-likeness (QED) is 0.813. The molecular weight excluding hydrogens is 283 g/mol.